The van der Waals surface area contributed by atoms with Crippen molar-refractivity contribution in [3.05, 3.63) is 72.8 Å². The monoisotopic (exact) mass is 337 g/mol. The molecule has 0 heterocycles. The van der Waals surface area contributed by atoms with E-state index in [-0.39, 0.29) is 21.8 Å². The molecule has 0 amide bonds. The van der Waals surface area contributed by atoms with Crippen LogP contribution in [0.3, 0.4) is 0 Å². The van der Waals surface area contributed by atoms with Crippen molar-refractivity contribution in [2.75, 3.05) is 0 Å². The van der Waals surface area contributed by atoms with Crippen molar-refractivity contribution < 1.29 is 14.8 Å². The first-order valence-electron chi connectivity index (χ1n) is 7.08. The Hall–Kier alpha value is -3.88. The molecule has 25 heavy (non-hydrogen) atoms. The molecule has 4 rings (SSSR count). The number of nitrogens with zero attached hydrogens (tertiary/aromatic N) is 3. The summed E-state index contributed by atoms with van der Waals surface area (Å²) in [6.45, 7) is 0. The van der Waals surface area contributed by atoms with Crippen molar-refractivity contribution >= 4 is 49.4 Å². The molecule has 0 saturated carbocycles. The van der Waals surface area contributed by atoms with Crippen LogP contribution in [0.4, 0.5) is 17.1 Å². The standard InChI is InChI=1S/C16H7N3O6/c20-17(21)12-6-2-8-1-3-10-13(18(22)23)7-14(19(24)25)11-5-4-9(12)15(8)16(10)11/h1-7H. The first kappa shape index (κ1) is 14.7. The van der Waals surface area contributed by atoms with Gasteiger partial charge in [-0.15, -0.1) is 0 Å². The van der Waals surface area contributed by atoms with E-state index in [2.05, 4.69) is 0 Å². The van der Waals surface area contributed by atoms with Crippen LogP contribution >= 0.6 is 0 Å². The largest absolute Gasteiger partial charge is 0.284 e. The van der Waals surface area contributed by atoms with Gasteiger partial charge in [-0.05, 0) is 29.7 Å². The van der Waals surface area contributed by atoms with E-state index in [1.165, 1.54) is 30.3 Å². The Balaban J connectivity index is 2.36. The lowest BCUT2D eigenvalue weighted by Gasteiger charge is -2.11. The summed E-state index contributed by atoms with van der Waals surface area (Å²) >= 11 is 0. The van der Waals surface area contributed by atoms with Crippen LogP contribution in [0.15, 0.2) is 42.5 Å². The molecule has 0 aliphatic carbocycles. The van der Waals surface area contributed by atoms with Crippen molar-refractivity contribution in [1.82, 2.24) is 0 Å². The van der Waals surface area contributed by atoms with Crippen LogP contribution in [0.2, 0.25) is 0 Å². The third kappa shape index (κ3) is 1.89. The summed E-state index contributed by atoms with van der Waals surface area (Å²) in [5.74, 6) is 0. The van der Waals surface area contributed by atoms with Crippen molar-refractivity contribution in [3.8, 4) is 0 Å². The second-order valence-corrected chi connectivity index (χ2v) is 5.52. The molecule has 0 aliphatic rings. The van der Waals surface area contributed by atoms with E-state index in [0.717, 1.165) is 6.07 Å². The van der Waals surface area contributed by atoms with Gasteiger partial charge in [-0.25, -0.2) is 0 Å². The van der Waals surface area contributed by atoms with Gasteiger partial charge < -0.3 is 0 Å². The normalized spacial score (nSPS) is 11.4. The third-order valence-corrected chi connectivity index (χ3v) is 4.31. The quantitative estimate of drug-likeness (QED) is 0.311. The van der Waals surface area contributed by atoms with E-state index in [4.69, 9.17) is 0 Å². The maximum atomic E-state index is 11.4. The Morgan fingerprint density at radius 2 is 1.00 bits per heavy atom. The van der Waals surface area contributed by atoms with Gasteiger partial charge in [0.2, 0.25) is 0 Å². The van der Waals surface area contributed by atoms with Crippen LogP contribution in [0.1, 0.15) is 0 Å². The lowest BCUT2D eigenvalue weighted by Crippen LogP contribution is -1.97. The molecule has 0 unspecified atom stereocenters. The zero-order valence-corrected chi connectivity index (χ0v) is 12.3. The summed E-state index contributed by atoms with van der Waals surface area (Å²) in [4.78, 5) is 32.1. The summed E-state index contributed by atoms with van der Waals surface area (Å²) < 4.78 is 0. The van der Waals surface area contributed by atoms with Crippen molar-refractivity contribution in [2.24, 2.45) is 0 Å². The molecule has 0 fully saturated rings. The Bertz CT molecular complexity index is 1200. The van der Waals surface area contributed by atoms with Crippen LogP contribution in [0, 0.1) is 30.3 Å². The van der Waals surface area contributed by atoms with E-state index in [1.807, 2.05) is 0 Å². The van der Waals surface area contributed by atoms with Gasteiger partial charge in [-0.3, -0.25) is 30.3 Å². The average Bonchev–Trinajstić information content (AvgIpc) is 2.58. The molecular weight excluding hydrogens is 330 g/mol. The van der Waals surface area contributed by atoms with Crippen molar-refractivity contribution in [1.29, 1.82) is 0 Å². The van der Waals surface area contributed by atoms with Gasteiger partial charge >= 0.3 is 0 Å². The zero-order valence-electron chi connectivity index (χ0n) is 12.3. The molecule has 122 valence electrons. The van der Waals surface area contributed by atoms with E-state index >= 15 is 0 Å². The van der Waals surface area contributed by atoms with Gasteiger partial charge in [0.1, 0.15) is 0 Å². The van der Waals surface area contributed by atoms with E-state index in [0.29, 0.717) is 16.2 Å². The molecule has 0 saturated heterocycles. The molecular formula is C16H7N3O6. The maximum Gasteiger partial charge on any atom is 0.284 e. The summed E-state index contributed by atoms with van der Waals surface area (Å²) in [5.41, 5.74) is -0.962. The molecule has 4 aromatic carbocycles. The van der Waals surface area contributed by atoms with E-state index < -0.39 is 26.1 Å². The molecule has 0 aromatic heterocycles. The van der Waals surface area contributed by atoms with E-state index in [9.17, 15) is 30.3 Å². The number of rotatable bonds is 3. The van der Waals surface area contributed by atoms with Crippen LogP contribution in [-0.2, 0) is 0 Å². The third-order valence-electron chi connectivity index (χ3n) is 4.31. The number of benzene rings is 4. The molecule has 0 bridgehead atoms. The van der Waals surface area contributed by atoms with Gasteiger partial charge in [0.05, 0.1) is 37.0 Å². The second-order valence-electron chi connectivity index (χ2n) is 5.52. The molecule has 9 nitrogen and oxygen atoms in total. The Labute approximate surface area is 137 Å². The summed E-state index contributed by atoms with van der Waals surface area (Å²) in [6, 6.07) is 9.79. The van der Waals surface area contributed by atoms with Gasteiger partial charge in [0, 0.05) is 16.8 Å². The molecule has 0 aliphatic heterocycles. The molecule has 4 aromatic rings. The molecule has 0 spiro atoms. The highest BCUT2D eigenvalue weighted by atomic mass is 16.6. The highest BCUT2D eigenvalue weighted by molar-refractivity contribution is 6.27. The first-order chi connectivity index (χ1) is 11.9. The molecule has 9 heteroatoms. The number of nitro groups is 3. The Morgan fingerprint density at radius 3 is 1.52 bits per heavy atom. The lowest BCUT2D eigenvalue weighted by molar-refractivity contribution is -0.392. The highest BCUT2D eigenvalue weighted by Gasteiger charge is 2.26. The van der Waals surface area contributed by atoms with Crippen LogP contribution in [-0.4, -0.2) is 14.8 Å². The number of nitro benzene ring substituents is 3. The second kappa shape index (κ2) is 4.81. The lowest BCUT2D eigenvalue weighted by atomic mass is 9.92. The summed E-state index contributed by atoms with van der Waals surface area (Å²) in [5, 5.41) is 36.1. The topological polar surface area (TPSA) is 129 Å². The Morgan fingerprint density at radius 1 is 0.560 bits per heavy atom. The molecule has 0 atom stereocenters. The maximum absolute atomic E-state index is 11.4. The van der Waals surface area contributed by atoms with Crippen molar-refractivity contribution in [3.63, 3.8) is 0 Å². The SMILES string of the molecule is O=[N+]([O-])c1ccc2ccc3c([N+](=O)[O-])cc([N+](=O)[O-])c4ccc1c2c34. The summed E-state index contributed by atoms with van der Waals surface area (Å²) in [7, 11) is 0. The van der Waals surface area contributed by atoms with Crippen LogP contribution < -0.4 is 0 Å². The minimum Gasteiger partial charge on any atom is -0.258 e. The van der Waals surface area contributed by atoms with Gasteiger partial charge in [-0.1, -0.05) is 6.07 Å². The number of hydrogen-bond donors (Lipinski definition) is 0. The van der Waals surface area contributed by atoms with E-state index in [1.54, 1.807) is 6.07 Å². The highest BCUT2D eigenvalue weighted by Crippen LogP contribution is 2.44. The average molecular weight is 337 g/mol. The number of hydrogen-bond acceptors (Lipinski definition) is 6. The summed E-state index contributed by atoms with van der Waals surface area (Å²) in [6.07, 6.45) is 0. The molecule has 0 N–H and O–H groups in total. The predicted octanol–water partition coefficient (Wildman–Crippen LogP) is 4.31. The number of non-ortho nitro benzene ring substituents is 3. The smallest absolute Gasteiger partial charge is 0.258 e. The fraction of sp³-hybridized carbons (Fsp3) is 0. The van der Waals surface area contributed by atoms with Crippen LogP contribution in [0.25, 0.3) is 32.3 Å². The molecule has 0 radical (unpaired) electrons. The minimum absolute atomic E-state index is 0.156. The Kier molecular flexibility index (Phi) is 2.83. The first-order valence-corrected chi connectivity index (χ1v) is 7.08. The van der Waals surface area contributed by atoms with Crippen molar-refractivity contribution in [2.45, 2.75) is 0 Å². The van der Waals surface area contributed by atoms with Crippen LogP contribution in [0.5, 0.6) is 0 Å². The van der Waals surface area contributed by atoms with Gasteiger partial charge in [-0.2, -0.15) is 0 Å². The fourth-order valence-electron chi connectivity index (χ4n) is 3.31. The zero-order chi connectivity index (χ0) is 17.9. The minimum atomic E-state index is -0.687. The predicted molar refractivity (Wildman–Crippen MR) is 90.1 cm³/mol. The fourth-order valence-corrected chi connectivity index (χ4v) is 3.31. The van der Waals surface area contributed by atoms with Gasteiger partial charge in [0.15, 0.2) is 0 Å². The van der Waals surface area contributed by atoms with Gasteiger partial charge in [0.25, 0.3) is 17.1 Å².